The molecular weight excluding hydrogens is 265 g/mol. The van der Waals surface area contributed by atoms with Crippen molar-refractivity contribution in [2.45, 2.75) is 31.7 Å². The largest absolute Gasteiger partial charge is 0.369 e. The maximum Gasteiger partial charge on any atom is 0.123 e. The molecule has 4 heteroatoms. The van der Waals surface area contributed by atoms with Crippen molar-refractivity contribution in [2.24, 2.45) is 11.7 Å². The van der Waals surface area contributed by atoms with Gasteiger partial charge in [0.05, 0.1) is 0 Å². The number of hydrogen-bond acceptors (Lipinski definition) is 3. The van der Waals surface area contributed by atoms with Gasteiger partial charge in [-0.05, 0) is 49.4 Å². The number of halogens is 1. The molecule has 1 aliphatic heterocycles. The van der Waals surface area contributed by atoms with Crippen LogP contribution in [0.2, 0.25) is 0 Å². The Morgan fingerprint density at radius 1 is 1.19 bits per heavy atom. The van der Waals surface area contributed by atoms with Gasteiger partial charge in [-0.2, -0.15) is 0 Å². The Morgan fingerprint density at radius 3 is 2.38 bits per heavy atom. The second-order valence-electron chi connectivity index (χ2n) is 6.73. The summed E-state index contributed by atoms with van der Waals surface area (Å²) in [7, 11) is 0. The van der Waals surface area contributed by atoms with Crippen LogP contribution < -0.4 is 10.6 Å². The molecule has 1 saturated heterocycles. The topological polar surface area (TPSA) is 32.5 Å². The van der Waals surface area contributed by atoms with E-state index in [1.807, 2.05) is 12.1 Å². The van der Waals surface area contributed by atoms with Crippen molar-refractivity contribution in [1.29, 1.82) is 0 Å². The number of benzene rings is 1. The summed E-state index contributed by atoms with van der Waals surface area (Å²) >= 11 is 0. The van der Waals surface area contributed by atoms with E-state index in [2.05, 4.69) is 16.7 Å². The van der Waals surface area contributed by atoms with Gasteiger partial charge in [-0.1, -0.05) is 6.92 Å². The van der Waals surface area contributed by atoms with Crippen LogP contribution in [0.1, 0.15) is 26.2 Å². The Bertz CT molecular complexity index is 467. The van der Waals surface area contributed by atoms with Gasteiger partial charge in [0, 0.05) is 44.0 Å². The van der Waals surface area contributed by atoms with E-state index in [1.54, 1.807) is 12.1 Å². The first-order valence-corrected chi connectivity index (χ1v) is 8.09. The molecular formula is C17H26FN3. The quantitative estimate of drug-likeness (QED) is 0.928. The van der Waals surface area contributed by atoms with Gasteiger partial charge < -0.3 is 10.6 Å². The standard InChI is InChI=1S/C17H26FN3/c1-14-6-7-17(12-14,13-19)21-10-8-20(9-11-21)16-4-2-15(18)3-5-16/h2-5,14H,6-13,19H2,1H3. The maximum atomic E-state index is 13.0. The van der Waals surface area contributed by atoms with Gasteiger partial charge in [0.15, 0.2) is 0 Å². The lowest BCUT2D eigenvalue weighted by Gasteiger charge is -2.46. The molecule has 3 rings (SSSR count). The van der Waals surface area contributed by atoms with Crippen molar-refractivity contribution in [1.82, 2.24) is 4.90 Å². The molecule has 21 heavy (non-hydrogen) atoms. The van der Waals surface area contributed by atoms with Gasteiger partial charge in [0.25, 0.3) is 0 Å². The van der Waals surface area contributed by atoms with Crippen LogP contribution in [0.3, 0.4) is 0 Å². The molecule has 3 nitrogen and oxygen atoms in total. The van der Waals surface area contributed by atoms with Crippen LogP contribution in [-0.2, 0) is 0 Å². The van der Waals surface area contributed by atoms with E-state index in [0.29, 0.717) is 0 Å². The number of nitrogens with zero attached hydrogens (tertiary/aromatic N) is 2. The number of anilines is 1. The fourth-order valence-corrected chi connectivity index (χ4v) is 4.06. The highest BCUT2D eigenvalue weighted by molar-refractivity contribution is 5.46. The Hall–Kier alpha value is -1.13. The summed E-state index contributed by atoms with van der Waals surface area (Å²) in [5.74, 6) is 0.628. The van der Waals surface area contributed by atoms with Crippen LogP contribution >= 0.6 is 0 Å². The van der Waals surface area contributed by atoms with Gasteiger partial charge in [-0.3, -0.25) is 4.90 Å². The minimum absolute atomic E-state index is 0.167. The third-order valence-electron chi connectivity index (χ3n) is 5.35. The van der Waals surface area contributed by atoms with Crippen LogP contribution in [-0.4, -0.2) is 43.2 Å². The summed E-state index contributed by atoms with van der Waals surface area (Å²) in [5, 5.41) is 0. The first-order valence-electron chi connectivity index (χ1n) is 8.09. The van der Waals surface area contributed by atoms with Crippen molar-refractivity contribution >= 4 is 5.69 Å². The average molecular weight is 291 g/mol. The lowest BCUT2D eigenvalue weighted by Crippen LogP contribution is -2.59. The molecule has 0 spiro atoms. The fourth-order valence-electron chi connectivity index (χ4n) is 4.06. The second kappa shape index (κ2) is 5.93. The highest BCUT2D eigenvalue weighted by Crippen LogP contribution is 2.38. The smallest absolute Gasteiger partial charge is 0.123 e. The zero-order valence-electron chi connectivity index (χ0n) is 12.9. The third-order valence-corrected chi connectivity index (χ3v) is 5.35. The Morgan fingerprint density at radius 2 is 1.86 bits per heavy atom. The predicted molar refractivity (Wildman–Crippen MR) is 85.0 cm³/mol. The van der Waals surface area contributed by atoms with Crippen LogP contribution in [0.15, 0.2) is 24.3 Å². The molecule has 0 aromatic heterocycles. The molecule has 1 aromatic carbocycles. The minimum atomic E-state index is -0.167. The molecule has 0 radical (unpaired) electrons. The van der Waals surface area contributed by atoms with E-state index >= 15 is 0 Å². The van der Waals surface area contributed by atoms with Crippen LogP contribution in [0.4, 0.5) is 10.1 Å². The zero-order valence-corrected chi connectivity index (χ0v) is 12.9. The van der Waals surface area contributed by atoms with Crippen molar-refractivity contribution < 1.29 is 4.39 Å². The maximum absolute atomic E-state index is 13.0. The van der Waals surface area contributed by atoms with E-state index in [1.165, 1.54) is 19.3 Å². The Labute approximate surface area is 126 Å². The van der Waals surface area contributed by atoms with E-state index in [0.717, 1.165) is 44.3 Å². The summed E-state index contributed by atoms with van der Waals surface area (Å²) < 4.78 is 13.0. The number of nitrogens with two attached hydrogens (primary N) is 1. The van der Waals surface area contributed by atoms with Gasteiger partial charge in [0.1, 0.15) is 5.82 Å². The van der Waals surface area contributed by atoms with E-state index in [9.17, 15) is 4.39 Å². The van der Waals surface area contributed by atoms with Crippen LogP contribution in [0.5, 0.6) is 0 Å². The van der Waals surface area contributed by atoms with E-state index in [4.69, 9.17) is 5.73 Å². The lowest BCUT2D eigenvalue weighted by molar-refractivity contribution is 0.0888. The first kappa shape index (κ1) is 14.8. The Kier molecular flexibility index (Phi) is 4.18. The molecule has 2 unspecified atom stereocenters. The zero-order chi connectivity index (χ0) is 14.9. The lowest BCUT2D eigenvalue weighted by atomic mass is 9.93. The monoisotopic (exact) mass is 291 g/mol. The van der Waals surface area contributed by atoms with Crippen molar-refractivity contribution in [3.63, 3.8) is 0 Å². The van der Waals surface area contributed by atoms with Crippen molar-refractivity contribution in [3.8, 4) is 0 Å². The molecule has 116 valence electrons. The summed E-state index contributed by atoms with van der Waals surface area (Å²) in [6.07, 6.45) is 3.77. The second-order valence-corrected chi connectivity index (χ2v) is 6.73. The van der Waals surface area contributed by atoms with E-state index in [-0.39, 0.29) is 11.4 Å². The number of rotatable bonds is 3. The SMILES string of the molecule is CC1CCC(CN)(N2CCN(c3ccc(F)cc3)CC2)C1. The van der Waals surface area contributed by atoms with Crippen molar-refractivity contribution in [3.05, 3.63) is 30.1 Å². The minimum Gasteiger partial charge on any atom is -0.369 e. The van der Waals surface area contributed by atoms with Gasteiger partial charge in [-0.25, -0.2) is 4.39 Å². The predicted octanol–water partition coefficient (Wildman–Crippen LogP) is 2.47. The summed E-state index contributed by atoms with van der Waals surface area (Å²) in [4.78, 5) is 4.95. The van der Waals surface area contributed by atoms with E-state index < -0.39 is 0 Å². The first-order chi connectivity index (χ1) is 10.1. The molecule has 2 fully saturated rings. The molecule has 1 aromatic rings. The van der Waals surface area contributed by atoms with Gasteiger partial charge >= 0.3 is 0 Å². The molecule has 2 aliphatic rings. The highest BCUT2D eigenvalue weighted by atomic mass is 19.1. The molecule has 1 saturated carbocycles. The molecule has 1 aliphatic carbocycles. The molecule has 2 atom stereocenters. The fraction of sp³-hybridized carbons (Fsp3) is 0.647. The number of piperazine rings is 1. The molecule has 0 amide bonds. The molecule has 1 heterocycles. The highest BCUT2D eigenvalue weighted by Gasteiger charge is 2.42. The Balaban J connectivity index is 1.63. The van der Waals surface area contributed by atoms with Crippen LogP contribution in [0, 0.1) is 11.7 Å². The summed E-state index contributed by atoms with van der Waals surface area (Å²) in [5.41, 5.74) is 7.48. The summed E-state index contributed by atoms with van der Waals surface area (Å²) in [6, 6.07) is 6.84. The van der Waals surface area contributed by atoms with Crippen LogP contribution in [0.25, 0.3) is 0 Å². The van der Waals surface area contributed by atoms with Gasteiger partial charge in [-0.15, -0.1) is 0 Å². The third kappa shape index (κ3) is 2.92. The van der Waals surface area contributed by atoms with Gasteiger partial charge in [0.2, 0.25) is 0 Å². The number of hydrogen-bond donors (Lipinski definition) is 1. The molecule has 0 bridgehead atoms. The average Bonchev–Trinajstić information content (AvgIpc) is 2.91. The van der Waals surface area contributed by atoms with Crippen molar-refractivity contribution in [2.75, 3.05) is 37.6 Å². The normalized spacial score (nSPS) is 30.8. The summed E-state index contributed by atoms with van der Waals surface area (Å²) in [6.45, 7) is 7.23. The molecule has 2 N–H and O–H groups in total.